The van der Waals surface area contributed by atoms with Crippen molar-refractivity contribution in [3.8, 4) is 11.5 Å². The van der Waals surface area contributed by atoms with Crippen LogP contribution in [0.4, 0.5) is 0 Å². The van der Waals surface area contributed by atoms with Crippen LogP contribution in [0, 0.1) is 13.8 Å². The minimum atomic E-state index is 0.320. The average molecular weight is 268 g/mol. The van der Waals surface area contributed by atoms with Crippen LogP contribution in [-0.4, -0.2) is 10.2 Å². The molecule has 0 aromatic heterocycles. The van der Waals surface area contributed by atoms with Crippen molar-refractivity contribution in [3.05, 3.63) is 64.2 Å². The monoisotopic (exact) mass is 268 g/mol. The molecule has 0 bridgehead atoms. The standard InChI is InChI=1S/C18H20O2/c1-12(10-15-6-4-8-17(19)13(15)2)11-16-7-5-9-18(20)14(16)3/h4-10,19-20H,11H2,1-3H3/b12-10+. The van der Waals surface area contributed by atoms with Gasteiger partial charge in [-0.1, -0.05) is 35.9 Å². The van der Waals surface area contributed by atoms with Gasteiger partial charge in [-0.25, -0.2) is 0 Å². The predicted molar refractivity (Wildman–Crippen MR) is 83.0 cm³/mol. The molecule has 2 nitrogen and oxygen atoms in total. The van der Waals surface area contributed by atoms with Crippen molar-refractivity contribution >= 4 is 6.08 Å². The molecule has 0 amide bonds. The average Bonchev–Trinajstić information content (AvgIpc) is 2.40. The Balaban J connectivity index is 2.27. The summed E-state index contributed by atoms with van der Waals surface area (Å²) in [6, 6.07) is 11.1. The third-order valence-electron chi connectivity index (χ3n) is 3.64. The van der Waals surface area contributed by atoms with Crippen LogP contribution in [0.1, 0.15) is 29.2 Å². The van der Waals surface area contributed by atoms with Crippen molar-refractivity contribution in [2.75, 3.05) is 0 Å². The molecule has 0 saturated heterocycles. The summed E-state index contributed by atoms with van der Waals surface area (Å²) in [6.07, 6.45) is 2.87. The molecular weight excluding hydrogens is 248 g/mol. The normalized spacial score (nSPS) is 11.7. The number of hydrogen-bond donors (Lipinski definition) is 2. The molecule has 0 aliphatic rings. The summed E-state index contributed by atoms with van der Waals surface area (Å²) in [6.45, 7) is 5.90. The van der Waals surface area contributed by atoms with E-state index in [1.54, 1.807) is 12.1 Å². The Morgan fingerprint density at radius 1 is 0.950 bits per heavy atom. The Morgan fingerprint density at radius 3 is 2.25 bits per heavy atom. The lowest BCUT2D eigenvalue weighted by Crippen LogP contribution is -1.92. The van der Waals surface area contributed by atoms with E-state index in [4.69, 9.17) is 0 Å². The quantitative estimate of drug-likeness (QED) is 0.868. The number of aromatic hydroxyl groups is 2. The fraction of sp³-hybridized carbons (Fsp3) is 0.222. The number of benzene rings is 2. The van der Waals surface area contributed by atoms with Gasteiger partial charge >= 0.3 is 0 Å². The van der Waals surface area contributed by atoms with Crippen LogP contribution in [0.3, 0.4) is 0 Å². The molecule has 0 unspecified atom stereocenters. The molecule has 0 spiro atoms. The summed E-state index contributed by atoms with van der Waals surface area (Å²) >= 11 is 0. The van der Waals surface area contributed by atoms with Gasteiger partial charge in [-0.05, 0) is 61.6 Å². The lowest BCUT2D eigenvalue weighted by molar-refractivity contribution is 0.470. The molecule has 104 valence electrons. The maximum Gasteiger partial charge on any atom is 0.119 e. The van der Waals surface area contributed by atoms with Gasteiger partial charge in [0, 0.05) is 0 Å². The third-order valence-corrected chi connectivity index (χ3v) is 3.64. The Kier molecular flexibility index (Phi) is 4.14. The Hall–Kier alpha value is -2.22. The number of phenols is 2. The van der Waals surface area contributed by atoms with Crippen molar-refractivity contribution in [3.63, 3.8) is 0 Å². The van der Waals surface area contributed by atoms with Crippen LogP contribution in [0.25, 0.3) is 6.08 Å². The molecule has 2 rings (SSSR count). The predicted octanol–water partition coefficient (Wildman–Crippen LogP) is 4.36. The second kappa shape index (κ2) is 5.83. The highest BCUT2D eigenvalue weighted by Crippen LogP contribution is 2.25. The second-order valence-electron chi connectivity index (χ2n) is 5.22. The van der Waals surface area contributed by atoms with Crippen LogP contribution in [-0.2, 0) is 6.42 Å². The highest BCUT2D eigenvalue weighted by atomic mass is 16.3. The molecule has 0 fully saturated rings. The van der Waals surface area contributed by atoms with E-state index in [1.165, 1.54) is 5.57 Å². The van der Waals surface area contributed by atoms with E-state index in [2.05, 4.69) is 13.0 Å². The minimum absolute atomic E-state index is 0.320. The number of rotatable bonds is 3. The summed E-state index contributed by atoms with van der Waals surface area (Å²) in [5, 5.41) is 19.5. The molecule has 2 aromatic rings. The molecule has 0 aliphatic heterocycles. The van der Waals surface area contributed by atoms with Gasteiger partial charge in [-0.3, -0.25) is 0 Å². The Morgan fingerprint density at radius 2 is 1.55 bits per heavy atom. The van der Waals surface area contributed by atoms with Gasteiger partial charge in [-0.15, -0.1) is 0 Å². The Labute approximate surface area is 120 Å². The van der Waals surface area contributed by atoms with E-state index in [-0.39, 0.29) is 0 Å². The summed E-state index contributed by atoms with van der Waals surface area (Å²) in [5.41, 5.74) is 5.15. The summed E-state index contributed by atoms with van der Waals surface area (Å²) < 4.78 is 0. The highest BCUT2D eigenvalue weighted by molar-refractivity contribution is 5.60. The first-order chi connectivity index (χ1) is 9.49. The lowest BCUT2D eigenvalue weighted by atomic mass is 9.98. The highest BCUT2D eigenvalue weighted by Gasteiger charge is 2.05. The van der Waals surface area contributed by atoms with E-state index in [1.807, 2.05) is 38.1 Å². The maximum atomic E-state index is 9.73. The van der Waals surface area contributed by atoms with E-state index < -0.39 is 0 Å². The van der Waals surface area contributed by atoms with Crippen LogP contribution < -0.4 is 0 Å². The SMILES string of the molecule is C/C(=C\c1cccc(O)c1C)Cc1cccc(O)c1C. The van der Waals surface area contributed by atoms with Crippen LogP contribution in [0.2, 0.25) is 0 Å². The van der Waals surface area contributed by atoms with Gasteiger partial charge in [0.2, 0.25) is 0 Å². The first kappa shape index (κ1) is 14.2. The largest absolute Gasteiger partial charge is 0.508 e. The number of phenolic OH excluding ortho intramolecular Hbond substituents is 2. The fourth-order valence-corrected chi connectivity index (χ4v) is 2.28. The zero-order chi connectivity index (χ0) is 14.7. The van der Waals surface area contributed by atoms with Crippen molar-refractivity contribution in [2.45, 2.75) is 27.2 Å². The van der Waals surface area contributed by atoms with Crippen LogP contribution >= 0.6 is 0 Å². The van der Waals surface area contributed by atoms with Gasteiger partial charge in [0.15, 0.2) is 0 Å². The van der Waals surface area contributed by atoms with Gasteiger partial charge in [0.25, 0.3) is 0 Å². The van der Waals surface area contributed by atoms with Gasteiger partial charge in [0.05, 0.1) is 0 Å². The summed E-state index contributed by atoms with van der Waals surface area (Å²) in [7, 11) is 0. The van der Waals surface area contributed by atoms with Crippen molar-refractivity contribution in [1.82, 2.24) is 0 Å². The molecule has 0 saturated carbocycles. The van der Waals surface area contributed by atoms with Crippen molar-refractivity contribution in [2.24, 2.45) is 0 Å². The number of allylic oxidation sites excluding steroid dienone is 1. The second-order valence-corrected chi connectivity index (χ2v) is 5.22. The summed E-state index contributed by atoms with van der Waals surface area (Å²) in [5.74, 6) is 0.656. The molecule has 0 atom stereocenters. The lowest BCUT2D eigenvalue weighted by Gasteiger charge is -2.09. The molecule has 2 N–H and O–H groups in total. The molecule has 0 radical (unpaired) electrons. The first-order valence-electron chi connectivity index (χ1n) is 6.72. The maximum absolute atomic E-state index is 9.73. The van der Waals surface area contributed by atoms with Gasteiger partial charge in [0.1, 0.15) is 11.5 Å². The molecule has 2 aromatic carbocycles. The molecular formula is C18H20O2. The third kappa shape index (κ3) is 3.02. The van der Waals surface area contributed by atoms with Gasteiger partial charge < -0.3 is 10.2 Å². The van der Waals surface area contributed by atoms with Crippen molar-refractivity contribution in [1.29, 1.82) is 0 Å². The molecule has 0 heterocycles. The Bertz CT molecular complexity index is 654. The van der Waals surface area contributed by atoms with Crippen LogP contribution in [0.15, 0.2) is 42.0 Å². The van der Waals surface area contributed by atoms with E-state index in [0.717, 1.165) is 28.7 Å². The minimum Gasteiger partial charge on any atom is -0.508 e. The van der Waals surface area contributed by atoms with E-state index in [9.17, 15) is 10.2 Å². The summed E-state index contributed by atoms with van der Waals surface area (Å²) in [4.78, 5) is 0. The van der Waals surface area contributed by atoms with E-state index >= 15 is 0 Å². The number of hydrogen-bond acceptors (Lipinski definition) is 2. The van der Waals surface area contributed by atoms with Crippen LogP contribution in [0.5, 0.6) is 11.5 Å². The molecule has 0 aliphatic carbocycles. The topological polar surface area (TPSA) is 40.5 Å². The van der Waals surface area contributed by atoms with Gasteiger partial charge in [-0.2, -0.15) is 0 Å². The zero-order valence-corrected chi connectivity index (χ0v) is 12.1. The fourth-order valence-electron chi connectivity index (χ4n) is 2.28. The van der Waals surface area contributed by atoms with E-state index in [0.29, 0.717) is 11.5 Å². The zero-order valence-electron chi connectivity index (χ0n) is 12.1. The molecule has 2 heteroatoms. The van der Waals surface area contributed by atoms with Crippen molar-refractivity contribution < 1.29 is 10.2 Å². The smallest absolute Gasteiger partial charge is 0.119 e. The first-order valence-corrected chi connectivity index (χ1v) is 6.72. The molecule has 20 heavy (non-hydrogen) atoms.